The first-order valence-corrected chi connectivity index (χ1v) is 3.53. The van der Waals surface area contributed by atoms with Crippen molar-refractivity contribution in [3.63, 3.8) is 0 Å². The molecule has 0 aromatic heterocycles. The van der Waals surface area contributed by atoms with Crippen molar-refractivity contribution < 1.29 is 28.2 Å². The molecule has 0 saturated carbocycles. The Balaban J connectivity index is 2.97. The lowest BCUT2D eigenvalue weighted by atomic mass is 9.96. The quantitative estimate of drug-likeness (QED) is 0.543. The van der Waals surface area contributed by atoms with E-state index >= 15 is 0 Å². The average Bonchev–Trinajstić information content (AvgIpc) is 2.30. The zero-order chi connectivity index (χ0) is 10.3. The van der Waals surface area contributed by atoms with Crippen LogP contribution in [-0.2, 0) is 4.79 Å². The summed E-state index contributed by atoms with van der Waals surface area (Å²) in [4.78, 5) is 10.4. The average molecular weight is 199 g/mol. The lowest BCUT2D eigenvalue weighted by Gasteiger charge is -2.26. The monoisotopic (exact) mass is 199 g/mol. The molecule has 0 radical (unpaired) electrons. The molecule has 0 spiro atoms. The maximum Gasteiger partial charge on any atom is 0.417 e. The van der Waals surface area contributed by atoms with E-state index in [0.29, 0.717) is 0 Å². The van der Waals surface area contributed by atoms with Gasteiger partial charge in [0, 0.05) is 13.0 Å². The standard InChI is InChI=1S/C6H8F3NO3/c7-6(8,9)5(4(12)13)1-3(11)2-10-5/h3,10-11H,1-2H2,(H,12,13)/t3-,5+/m1/s1. The van der Waals surface area contributed by atoms with Crippen molar-refractivity contribution in [2.45, 2.75) is 24.2 Å². The molecule has 1 rings (SSSR count). The Hall–Kier alpha value is -0.820. The molecule has 2 atom stereocenters. The summed E-state index contributed by atoms with van der Waals surface area (Å²) in [6.45, 7) is -0.355. The Morgan fingerprint density at radius 2 is 2.08 bits per heavy atom. The fourth-order valence-corrected chi connectivity index (χ4v) is 1.29. The normalized spacial score (nSPS) is 34.9. The van der Waals surface area contributed by atoms with Crippen LogP contribution in [0, 0.1) is 0 Å². The fourth-order valence-electron chi connectivity index (χ4n) is 1.29. The van der Waals surface area contributed by atoms with E-state index in [2.05, 4.69) is 0 Å². The number of carboxylic acid groups (broad SMARTS) is 1. The second kappa shape index (κ2) is 2.85. The van der Waals surface area contributed by atoms with Crippen LogP contribution in [0.5, 0.6) is 0 Å². The molecule has 76 valence electrons. The number of carbonyl (C=O) groups is 1. The number of aliphatic hydroxyl groups excluding tert-OH is 1. The number of carboxylic acids is 1. The molecule has 0 unspecified atom stereocenters. The van der Waals surface area contributed by atoms with Crippen molar-refractivity contribution in [2.75, 3.05) is 6.54 Å². The van der Waals surface area contributed by atoms with E-state index in [4.69, 9.17) is 10.2 Å². The summed E-state index contributed by atoms with van der Waals surface area (Å²) in [5.74, 6) is -2.00. The van der Waals surface area contributed by atoms with E-state index in [0.717, 1.165) is 0 Å². The van der Waals surface area contributed by atoms with Crippen molar-refractivity contribution in [3.05, 3.63) is 0 Å². The van der Waals surface area contributed by atoms with Gasteiger partial charge in [0.05, 0.1) is 6.10 Å². The summed E-state index contributed by atoms with van der Waals surface area (Å²) in [6.07, 6.45) is -7.00. The maximum absolute atomic E-state index is 12.3. The van der Waals surface area contributed by atoms with Gasteiger partial charge < -0.3 is 10.2 Å². The molecule has 4 nitrogen and oxygen atoms in total. The molecule has 0 bridgehead atoms. The number of aliphatic carboxylic acids is 1. The molecule has 1 heterocycles. The van der Waals surface area contributed by atoms with Crippen molar-refractivity contribution >= 4 is 5.97 Å². The molecule has 13 heavy (non-hydrogen) atoms. The number of rotatable bonds is 1. The second-order valence-corrected chi connectivity index (χ2v) is 2.95. The van der Waals surface area contributed by atoms with Gasteiger partial charge in [0.25, 0.3) is 0 Å². The fraction of sp³-hybridized carbons (Fsp3) is 0.833. The predicted octanol–water partition coefficient (Wildman–Crippen LogP) is -0.274. The van der Waals surface area contributed by atoms with Gasteiger partial charge in [-0.15, -0.1) is 0 Å². The van der Waals surface area contributed by atoms with Crippen LogP contribution in [0.4, 0.5) is 13.2 Å². The first kappa shape index (κ1) is 10.3. The van der Waals surface area contributed by atoms with Crippen LogP contribution in [-0.4, -0.2) is 40.5 Å². The highest BCUT2D eigenvalue weighted by atomic mass is 19.4. The van der Waals surface area contributed by atoms with Crippen LogP contribution in [0.2, 0.25) is 0 Å². The van der Waals surface area contributed by atoms with E-state index in [-0.39, 0.29) is 6.54 Å². The highest BCUT2D eigenvalue weighted by molar-refractivity contribution is 5.80. The third-order valence-corrected chi connectivity index (χ3v) is 2.03. The lowest BCUT2D eigenvalue weighted by Crippen LogP contribution is -2.58. The summed E-state index contributed by atoms with van der Waals surface area (Å²) < 4.78 is 36.9. The number of hydrogen-bond acceptors (Lipinski definition) is 3. The molecular formula is C6H8F3NO3. The molecule has 0 aromatic carbocycles. The molecule has 0 amide bonds. The SMILES string of the molecule is O=C(O)[C@]1(C(F)(F)F)C[C@@H](O)CN1. The van der Waals surface area contributed by atoms with Gasteiger partial charge in [-0.1, -0.05) is 0 Å². The van der Waals surface area contributed by atoms with Crippen molar-refractivity contribution in [1.29, 1.82) is 0 Å². The predicted molar refractivity (Wildman–Crippen MR) is 35.0 cm³/mol. The van der Waals surface area contributed by atoms with Gasteiger partial charge in [-0.3, -0.25) is 5.32 Å². The van der Waals surface area contributed by atoms with Gasteiger partial charge in [0.2, 0.25) is 5.54 Å². The smallest absolute Gasteiger partial charge is 0.417 e. The summed E-state index contributed by atoms with van der Waals surface area (Å²) in [7, 11) is 0. The minimum atomic E-state index is -4.89. The number of alkyl halides is 3. The number of aliphatic hydroxyl groups is 1. The second-order valence-electron chi connectivity index (χ2n) is 2.95. The topological polar surface area (TPSA) is 69.6 Å². The zero-order valence-electron chi connectivity index (χ0n) is 6.43. The molecule has 1 aliphatic rings. The van der Waals surface area contributed by atoms with Crippen molar-refractivity contribution in [3.8, 4) is 0 Å². The molecule has 1 saturated heterocycles. The highest BCUT2D eigenvalue weighted by Gasteiger charge is 2.63. The number of halogens is 3. The van der Waals surface area contributed by atoms with Crippen LogP contribution >= 0.6 is 0 Å². The molecule has 1 aliphatic heterocycles. The third kappa shape index (κ3) is 1.49. The first-order chi connectivity index (χ1) is 5.79. The van der Waals surface area contributed by atoms with Crippen LogP contribution in [0.25, 0.3) is 0 Å². The van der Waals surface area contributed by atoms with E-state index in [1.807, 2.05) is 0 Å². The lowest BCUT2D eigenvalue weighted by molar-refractivity contribution is -0.207. The number of hydrogen-bond donors (Lipinski definition) is 3. The van der Waals surface area contributed by atoms with Gasteiger partial charge in [-0.25, -0.2) is 4.79 Å². The Bertz CT molecular complexity index is 230. The summed E-state index contributed by atoms with van der Waals surface area (Å²) in [5, 5.41) is 19.1. The van der Waals surface area contributed by atoms with E-state index < -0.39 is 30.2 Å². The van der Waals surface area contributed by atoms with E-state index in [1.54, 1.807) is 5.32 Å². The molecule has 0 aliphatic carbocycles. The van der Waals surface area contributed by atoms with Gasteiger partial charge in [0.15, 0.2) is 0 Å². The minimum Gasteiger partial charge on any atom is -0.480 e. The highest BCUT2D eigenvalue weighted by Crippen LogP contribution is 2.37. The van der Waals surface area contributed by atoms with Gasteiger partial charge in [-0.2, -0.15) is 13.2 Å². The van der Waals surface area contributed by atoms with Crippen LogP contribution < -0.4 is 5.32 Å². The maximum atomic E-state index is 12.3. The Morgan fingerprint density at radius 3 is 2.23 bits per heavy atom. The van der Waals surface area contributed by atoms with Gasteiger partial charge in [0.1, 0.15) is 0 Å². The number of β-amino-alcohol motifs (C(OH)–C–C–N with tert-alkyl or cyclic N) is 1. The van der Waals surface area contributed by atoms with Crippen molar-refractivity contribution in [1.82, 2.24) is 5.32 Å². The molecule has 0 aromatic rings. The van der Waals surface area contributed by atoms with Crippen LogP contribution in [0.1, 0.15) is 6.42 Å². The summed E-state index contributed by atoms with van der Waals surface area (Å²) in [6, 6.07) is 0. The molecule has 7 heteroatoms. The third-order valence-electron chi connectivity index (χ3n) is 2.03. The minimum absolute atomic E-state index is 0.355. The van der Waals surface area contributed by atoms with E-state index in [1.165, 1.54) is 0 Å². The van der Waals surface area contributed by atoms with E-state index in [9.17, 15) is 18.0 Å². The van der Waals surface area contributed by atoms with Crippen molar-refractivity contribution in [2.24, 2.45) is 0 Å². The van der Waals surface area contributed by atoms with Crippen LogP contribution in [0.15, 0.2) is 0 Å². The summed E-state index contributed by atoms with van der Waals surface area (Å²) in [5.41, 5.74) is -2.98. The Kier molecular flexibility index (Phi) is 2.25. The molecule has 1 fully saturated rings. The summed E-state index contributed by atoms with van der Waals surface area (Å²) >= 11 is 0. The Labute approximate surface area is 71.4 Å². The number of nitrogens with one attached hydrogen (secondary N) is 1. The Morgan fingerprint density at radius 1 is 1.54 bits per heavy atom. The zero-order valence-corrected chi connectivity index (χ0v) is 6.43. The molecular weight excluding hydrogens is 191 g/mol. The van der Waals surface area contributed by atoms with Gasteiger partial charge >= 0.3 is 12.1 Å². The molecule has 3 N–H and O–H groups in total. The first-order valence-electron chi connectivity index (χ1n) is 3.53. The largest absolute Gasteiger partial charge is 0.480 e. The van der Waals surface area contributed by atoms with Crippen LogP contribution in [0.3, 0.4) is 0 Å². The van der Waals surface area contributed by atoms with Gasteiger partial charge in [-0.05, 0) is 0 Å².